The fraction of sp³-hybridized carbons (Fsp3) is 0.389. The summed E-state index contributed by atoms with van der Waals surface area (Å²) in [4.78, 5) is 14.3. The maximum atomic E-state index is 13.7. The van der Waals surface area contributed by atoms with Gasteiger partial charge in [0.25, 0.3) is 0 Å². The van der Waals surface area contributed by atoms with E-state index in [9.17, 15) is 22.0 Å². The van der Waals surface area contributed by atoms with Crippen molar-refractivity contribution in [3.63, 3.8) is 0 Å². The predicted octanol–water partition coefficient (Wildman–Crippen LogP) is 2.80. The highest BCUT2D eigenvalue weighted by atomic mass is 32.2. The molecule has 6 nitrogen and oxygen atoms in total. The summed E-state index contributed by atoms with van der Waals surface area (Å²) >= 11 is 1.16. The highest BCUT2D eigenvalue weighted by molar-refractivity contribution is 7.91. The van der Waals surface area contributed by atoms with Crippen LogP contribution in [-0.4, -0.2) is 44.4 Å². The van der Waals surface area contributed by atoms with Crippen LogP contribution in [0.3, 0.4) is 0 Å². The van der Waals surface area contributed by atoms with Gasteiger partial charge in [-0.3, -0.25) is 9.69 Å². The lowest BCUT2D eigenvalue weighted by atomic mass is 10.0. The van der Waals surface area contributed by atoms with Crippen LogP contribution >= 0.6 is 11.3 Å². The molecule has 0 aliphatic carbocycles. The first kappa shape index (κ1) is 20.8. The first-order valence-electron chi connectivity index (χ1n) is 8.82. The molecule has 1 aromatic heterocycles. The summed E-state index contributed by atoms with van der Waals surface area (Å²) in [6.07, 6.45) is 1.13. The summed E-state index contributed by atoms with van der Waals surface area (Å²) < 4.78 is 54.3. The van der Waals surface area contributed by atoms with Gasteiger partial charge in [-0.1, -0.05) is 6.07 Å². The third kappa shape index (κ3) is 4.93. The van der Waals surface area contributed by atoms with Crippen molar-refractivity contribution < 1.29 is 22.0 Å². The Labute approximate surface area is 166 Å². The maximum absolute atomic E-state index is 13.7. The lowest BCUT2D eigenvalue weighted by molar-refractivity contribution is -0.121. The molecule has 1 aliphatic rings. The van der Waals surface area contributed by atoms with E-state index < -0.39 is 33.6 Å². The number of nitrogens with one attached hydrogen (secondary N) is 2. The highest BCUT2D eigenvalue weighted by Gasteiger charge is 2.29. The molecule has 2 heterocycles. The number of hydrogen-bond donors (Lipinski definition) is 2. The zero-order valence-electron chi connectivity index (χ0n) is 15.2. The summed E-state index contributed by atoms with van der Waals surface area (Å²) in [6.45, 7) is 2.75. The fourth-order valence-corrected chi connectivity index (χ4v) is 5.41. The Hall–Kier alpha value is -1.88. The number of hydrogen-bond acceptors (Lipinski definition) is 5. The summed E-state index contributed by atoms with van der Waals surface area (Å²) in [7, 11) is -3.52. The van der Waals surface area contributed by atoms with Crippen molar-refractivity contribution in [3.05, 3.63) is 47.3 Å². The molecule has 0 saturated carbocycles. The first-order valence-corrected chi connectivity index (χ1v) is 11.2. The molecule has 28 heavy (non-hydrogen) atoms. The average molecular weight is 430 g/mol. The maximum Gasteiger partial charge on any atom is 0.250 e. The number of anilines is 1. The minimum Gasteiger partial charge on any atom is -0.322 e. The molecule has 0 unspecified atom stereocenters. The van der Waals surface area contributed by atoms with Gasteiger partial charge in [0.05, 0.1) is 11.7 Å². The van der Waals surface area contributed by atoms with Crippen LogP contribution in [0.1, 0.15) is 19.8 Å². The van der Waals surface area contributed by atoms with E-state index in [1.54, 1.807) is 24.4 Å². The fourth-order valence-electron chi connectivity index (χ4n) is 3.09. The van der Waals surface area contributed by atoms with Gasteiger partial charge in [0.1, 0.15) is 15.8 Å². The molecule has 1 aromatic carbocycles. The second kappa shape index (κ2) is 8.64. The lowest BCUT2D eigenvalue weighted by Crippen LogP contribution is -2.50. The molecule has 1 fully saturated rings. The Kier molecular flexibility index (Phi) is 6.43. The predicted molar refractivity (Wildman–Crippen MR) is 104 cm³/mol. The minimum atomic E-state index is -3.52. The third-order valence-electron chi connectivity index (χ3n) is 4.73. The van der Waals surface area contributed by atoms with Crippen molar-refractivity contribution in [1.82, 2.24) is 9.62 Å². The molecule has 2 N–H and O–H groups in total. The Morgan fingerprint density at radius 2 is 1.96 bits per heavy atom. The van der Waals surface area contributed by atoms with Crippen molar-refractivity contribution in [2.75, 3.05) is 18.4 Å². The van der Waals surface area contributed by atoms with Crippen LogP contribution in [-0.2, 0) is 14.8 Å². The van der Waals surface area contributed by atoms with E-state index in [4.69, 9.17) is 0 Å². The quantitative estimate of drug-likeness (QED) is 0.740. The smallest absolute Gasteiger partial charge is 0.250 e. The van der Waals surface area contributed by atoms with E-state index >= 15 is 0 Å². The Balaban J connectivity index is 1.53. The second-order valence-corrected chi connectivity index (χ2v) is 9.54. The summed E-state index contributed by atoms with van der Waals surface area (Å²) in [5, 5.41) is 4.18. The van der Waals surface area contributed by atoms with E-state index in [0.29, 0.717) is 32.0 Å². The molecule has 3 rings (SSSR count). The van der Waals surface area contributed by atoms with Gasteiger partial charge in [-0.05, 0) is 43.3 Å². The molecule has 1 saturated heterocycles. The Morgan fingerprint density at radius 1 is 1.25 bits per heavy atom. The third-order valence-corrected chi connectivity index (χ3v) is 7.65. The first-order chi connectivity index (χ1) is 13.3. The monoisotopic (exact) mass is 429 g/mol. The van der Waals surface area contributed by atoms with Gasteiger partial charge in [-0.25, -0.2) is 21.9 Å². The number of rotatable bonds is 6. The van der Waals surface area contributed by atoms with Gasteiger partial charge >= 0.3 is 0 Å². The van der Waals surface area contributed by atoms with Crippen LogP contribution in [0.2, 0.25) is 0 Å². The van der Waals surface area contributed by atoms with Gasteiger partial charge in [-0.15, -0.1) is 11.3 Å². The van der Waals surface area contributed by atoms with Gasteiger partial charge in [-0.2, -0.15) is 0 Å². The van der Waals surface area contributed by atoms with Gasteiger partial charge < -0.3 is 5.32 Å². The van der Waals surface area contributed by atoms with E-state index in [1.807, 2.05) is 4.90 Å². The van der Waals surface area contributed by atoms with Crippen LogP contribution in [0.4, 0.5) is 14.5 Å². The van der Waals surface area contributed by atoms with Crippen molar-refractivity contribution >= 4 is 33.0 Å². The number of sulfonamides is 1. The highest BCUT2D eigenvalue weighted by Crippen LogP contribution is 2.21. The molecular weight excluding hydrogens is 408 g/mol. The molecule has 0 spiro atoms. The van der Waals surface area contributed by atoms with Gasteiger partial charge in [0.15, 0.2) is 0 Å². The molecule has 2 aromatic rings. The Bertz CT molecular complexity index is 928. The SMILES string of the molecule is C[C@@H](C(=O)Nc1ccc(F)cc1F)N1CCC(NS(=O)(=O)c2cccs2)CC1. The van der Waals surface area contributed by atoms with E-state index in [2.05, 4.69) is 10.0 Å². The molecule has 152 valence electrons. The standard InChI is InChI=1S/C18H21F2N3O3S2/c1-12(18(24)21-16-5-4-13(19)11-15(16)20)23-8-6-14(7-9-23)22-28(25,26)17-3-2-10-27-17/h2-5,10-12,14,22H,6-9H2,1H3,(H,21,24)/t12-/m0/s1. The van der Waals surface area contributed by atoms with Gasteiger partial charge in [0, 0.05) is 25.2 Å². The number of thiophene rings is 1. The molecule has 1 atom stereocenters. The summed E-state index contributed by atoms with van der Waals surface area (Å²) in [5.41, 5.74) is -0.0724. The van der Waals surface area contributed by atoms with Crippen molar-refractivity contribution in [1.29, 1.82) is 0 Å². The number of carbonyl (C=O) groups is 1. The van der Waals surface area contributed by atoms with Crippen molar-refractivity contribution in [2.45, 2.75) is 36.1 Å². The van der Waals surface area contributed by atoms with Crippen molar-refractivity contribution in [2.24, 2.45) is 0 Å². The van der Waals surface area contributed by atoms with Crippen molar-refractivity contribution in [3.8, 4) is 0 Å². The number of carbonyl (C=O) groups excluding carboxylic acids is 1. The molecule has 1 aliphatic heterocycles. The van der Waals surface area contributed by atoms with Crippen LogP contribution in [0.25, 0.3) is 0 Å². The second-order valence-electron chi connectivity index (χ2n) is 6.65. The normalized spacial score (nSPS) is 17.4. The Morgan fingerprint density at radius 3 is 2.57 bits per heavy atom. The topological polar surface area (TPSA) is 78.5 Å². The lowest BCUT2D eigenvalue weighted by Gasteiger charge is -2.35. The van der Waals surface area contributed by atoms with E-state index in [1.165, 1.54) is 6.07 Å². The molecule has 1 amide bonds. The van der Waals surface area contributed by atoms with E-state index in [0.717, 1.165) is 17.4 Å². The minimum absolute atomic E-state index is 0.0724. The number of piperidine rings is 1. The molecule has 0 bridgehead atoms. The number of benzene rings is 1. The van der Waals surface area contributed by atoms with Crippen LogP contribution in [0.5, 0.6) is 0 Å². The number of likely N-dealkylation sites (tertiary alicyclic amines) is 1. The van der Waals surface area contributed by atoms with Crippen LogP contribution < -0.4 is 10.0 Å². The van der Waals surface area contributed by atoms with E-state index in [-0.39, 0.29) is 15.9 Å². The number of halogens is 2. The molecule has 10 heteroatoms. The zero-order chi connectivity index (χ0) is 20.3. The number of nitrogens with zero attached hydrogens (tertiary/aromatic N) is 1. The molecule has 0 radical (unpaired) electrons. The summed E-state index contributed by atoms with van der Waals surface area (Å²) in [6, 6.07) is 5.49. The van der Waals surface area contributed by atoms with Gasteiger partial charge in [0.2, 0.25) is 15.9 Å². The number of amides is 1. The average Bonchev–Trinajstić information content (AvgIpc) is 3.19. The van der Waals surface area contributed by atoms with Crippen LogP contribution in [0, 0.1) is 11.6 Å². The van der Waals surface area contributed by atoms with Crippen LogP contribution in [0.15, 0.2) is 39.9 Å². The zero-order valence-corrected chi connectivity index (χ0v) is 16.8. The molecular formula is C18H21F2N3O3S2. The summed E-state index contributed by atoms with van der Waals surface area (Å²) in [5.74, 6) is -1.94. The largest absolute Gasteiger partial charge is 0.322 e.